The van der Waals surface area contributed by atoms with E-state index in [-0.39, 0.29) is 41.6 Å². The van der Waals surface area contributed by atoms with Crippen molar-refractivity contribution in [2.24, 2.45) is 5.73 Å². The van der Waals surface area contributed by atoms with Crippen LogP contribution in [-0.2, 0) is 28.6 Å². The lowest BCUT2D eigenvalue weighted by molar-refractivity contribution is -0.737. The van der Waals surface area contributed by atoms with Crippen LogP contribution in [0.5, 0.6) is 5.75 Å². The first kappa shape index (κ1) is 29.3. The molecule has 20 heteroatoms. The van der Waals surface area contributed by atoms with Crippen molar-refractivity contribution in [1.82, 2.24) is 30.9 Å². The second kappa shape index (κ2) is 14.1. The Labute approximate surface area is 266 Å². The Morgan fingerprint density at radius 1 is 1.16 bits per heavy atom. The van der Waals surface area contributed by atoms with Crippen molar-refractivity contribution in [3.8, 4) is 11.7 Å². The van der Waals surface area contributed by atoms with E-state index in [0.717, 1.165) is 11.8 Å². The van der Waals surface area contributed by atoms with Crippen LogP contribution in [0, 0.1) is 0 Å². The molecule has 2 fully saturated rings. The molecule has 4 atom stereocenters. The number of carbonyl (C=O) groups is 4. The predicted molar refractivity (Wildman–Crippen MR) is 154 cm³/mol. The van der Waals surface area contributed by atoms with Crippen molar-refractivity contribution < 1.29 is 50.1 Å². The van der Waals surface area contributed by atoms with Crippen molar-refractivity contribution in [2.45, 2.75) is 28.0 Å². The summed E-state index contributed by atoms with van der Waals surface area (Å²) in [4.78, 5) is 59.3. The molecule has 45 heavy (non-hydrogen) atoms. The number of rotatable bonds is 14. The topological polar surface area (TPSA) is 240 Å². The van der Waals surface area contributed by atoms with E-state index in [1.54, 1.807) is 47.4 Å². The van der Waals surface area contributed by atoms with Gasteiger partial charge in [-0.3, -0.25) is 19.7 Å². The fraction of sp³-hybridized carbons (Fsp3) is 0.320. The molecule has 0 bridgehead atoms. The van der Waals surface area contributed by atoms with Crippen LogP contribution in [0.1, 0.15) is 16.6 Å². The number of nitrogens with one attached hydrogen (secondary N) is 3. The fourth-order valence-corrected chi connectivity index (χ4v) is 5.80. The highest BCUT2D eigenvalue weighted by Gasteiger charge is 2.65. The maximum absolute atomic E-state index is 12.8. The summed E-state index contributed by atoms with van der Waals surface area (Å²) in [6.45, 7) is -0.0824. The molecule has 2 saturated heterocycles. The first-order chi connectivity index (χ1) is 22.8. The molecular formula is C25H28N10O8S2+2. The summed E-state index contributed by atoms with van der Waals surface area (Å²) in [6.07, 6.45) is 5.03. The number of esters is 3. The minimum Gasteiger partial charge on any atom is -0.465 e. The highest BCUT2D eigenvalue weighted by atomic mass is 32.2. The van der Waals surface area contributed by atoms with Gasteiger partial charge in [-0.25, -0.2) is 20.0 Å². The number of aromatic nitrogens is 5. The molecule has 236 valence electrons. The highest BCUT2D eigenvalue weighted by Crippen LogP contribution is 2.51. The van der Waals surface area contributed by atoms with Gasteiger partial charge >= 0.3 is 29.8 Å². The van der Waals surface area contributed by atoms with Crippen molar-refractivity contribution in [2.75, 3.05) is 31.8 Å². The molecule has 2 aliphatic heterocycles. The largest absolute Gasteiger partial charge is 0.465 e. The Hall–Kier alpha value is -4.47. The zero-order valence-electron chi connectivity index (χ0n) is 25.4. The summed E-state index contributed by atoms with van der Waals surface area (Å²) in [5.41, 5.74) is 4.67. The summed E-state index contributed by atoms with van der Waals surface area (Å²) in [5, 5.41) is 8.88. The van der Waals surface area contributed by atoms with Crippen LogP contribution in [0.4, 0.5) is 5.95 Å². The summed E-state index contributed by atoms with van der Waals surface area (Å²) in [7, 11) is 1.26. The van der Waals surface area contributed by atoms with E-state index in [9.17, 15) is 19.2 Å². The third-order valence-electron chi connectivity index (χ3n) is 6.11. The minimum absolute atomic E-state index is 0.0858. The third-order valence-corrected chi connectivity index (χ3v) is 8.30. The normalized spacial score (nSPS) is 22.4. The van der Waals surface area contributed by atoms with E-state index in [0.29, 0.717) is 12.2 Å². The standard InChI is InChI=1S/C25H28N10O8S2/c1-40-18(38)14-4-2-6-34(10-14)22-28-20(26)30-24(31-22)44-12-16(37)41-8-9-42-19(39)17-25(45-17)32-21(27)29-23(33-25)35-7-3-5-15(11-35)43-13-36/h2-7,10-11,13,17,21,23,29,32-33H,8-9,12,27H2,1H3,(H2,26,28,30,31)/q+2/i/hD2. The number of hydrogen-bond acceptors (Lipinski definition) is 18. The average Bonchev–Trinajstić information content (AvgIpc) is 3.80. The maximum atomic E-state index is 12.8. The summed E-state index contributed by atoms with van der Waals surface area (Å²) < 4.78 is 38.3. The molecule has 5 rings (SSSR count). The van der Waals surface area contributed by atoms with Gasteiger partial charge in [0.25, 0.3) is 17.9 Å². The third kappa shape index (κ3) is 7.98. The minimum atomic E-state index is -0.956. The fourth-order valence-electron chi connectivity index (χ4n) is 4.11. The van der Waals surface area contributed by atoms with E-state index < -0.39 is 40.7 Å². The van der Waals surface area contributed by atoms with Crippen molar-refractivity contribution in [3.05, 3.63) is 54.6 Å². The molecule has 5 heterocycles. The number of carbonyl (C=O) groups excluding carboxylic acids is 4. The van der Waals surface area contributed by atoms with Crippen LogP contribution in [-0.4, -0.2) is 81.9 Å². The maximum Gasteiger partial charge on any atom is 0.443 e. The zero-order valence-corrected chi connectivity index (χ0v) is 25.0. The smallest absolute Gasteiger partial charge is 0.443 e. The Morgan fingerprint density at radius 3 is 2.80 bits per heavy atom. The first-order valence-electron chi connectivity index (χ1n) is 14.0. The summed E-state index contributed by atoms with van der Waals surface area (Å²) in [5.74, 6) is -1.63. The molecule has 1 spiro atoms. The SMILES string of the molecule is [2H]Nc1nc(SCC(=O)OCCOC(=O)C2SC23NC(N[2H])NC([n+]2cccc(OC=O)c2)N3)nc(-[n+]2cccc(C(=O)OC)c2)n1. The lowest BCUT2D eigenvalue weighted by Gasteiger charge is -2.33. The van der Waals surface area contributed by atoms with E-state index in [4.69, 9.17) is 21.8 Å². The number of methoxy groups -OCH3 is 1. The van der Waals surface area contributed by atoms with Crippen LogP contribution in [0.2, 0.25) is 2.82 Å². The average molecular weight is 663 g/mol. The Morgan fingerprint density at radius 2 is 2.00 bits per heavy atom. The lowest BCUT2D eigenvalue weighted by Crippen LogP contribution is -2.75. The number of nitrogens with zero attached hydrogens (tertiary/aromatic N) is 5. The molecule has 0 radical (unpaired) electrons. The Balaban J connectivity index is 1.09. The van der Waals surface area contributed by atoms with Gasteiger partial charge < -0.3 is 30.4 Å². The highest BCUT2D eigenvalue weighted by molar-refractivity contribution is 8.09. The Bertz CT molecular complexity index is 1650. The van der Waals surface area contributed by atoms with Crippen molar-refractivity contribution in [3.63, 3.8) is 0 Å². The van der Waals surface area contributed by atoms with E-state index in [1.807, 2.05) is 0 Å². The second-order valence-corrected chi connectivity index (χ2v) is 11.4. The number of anilines is 1. The van der Waals surface area contributed by atoms with Crippen LogP contribution in [0.25, 0.3) is 5.95 Å². The van der Waals surface area contributed by atoms with Crippen LogP contribution in [0.3, 0.4) is 0 Å². The molecule has 0 aliphatic carbocycles. The van der Waals surface area contributed by atoms with Crippen LogP contribution < -0.4 is 41.3 Å². The molecular weight excluding hydrogens is 632 g/mol. The van der Waals surface area contributed by atoms with E-state index >= 15 is 0 Å². The molecule has 0 amide bonds. The van der Waals surface area contributed by atoms with Gasteiger partial charge in [-0.05, 0) is 28.2 Å². The van der Waals surface area contributed by atoms with Crippen molar-refractivity contribution in [1.29, 1.82) is 0 Å². The van der Waals surface area contributed by atoms with Crippen LogP contribution >= 0.6 is 23.5 Å². The lowest BCUT2D eigenvalue weighted by atomic mass is 10.3. The zero-order chi connectivity index (χ0) is 33.4. The van der Waals surface area contributed by atoms with Gasteiger partial charge in [0.2, 0.25) is 6.20 Å². The van der Waals surface area contributed by atoms with Gasteiger partial charge in [-0.1, -0.05) is 11.8 Å². The Kier molecular flexibility index (Phi) is 9.16. The second-order valence-electron chi connectivity index (χ2n) is 9.14. The van der Waals surface area contributed by atoms with E-state index in [2.05, 4.69) is 42.4 Å². The molecule has 3 aromatic heterocycles. The summed E-state index contributed by atoms with van der Waals surface area (Å²) in [6, 6.07) is 6.42. The van der Waals surface area contributed by atoms with Crippen LogP contribution in [0.15, 0.2) is 54.2 Å². The number of thioether (sulfide) groups is 2. The van der Waals surface area contributed by atoms with Gasteiger partial charge in [0.15, 0.2) is 13.4 Å². The predicted octanol–water partition coefficient (Wildman–Crippen LogP) is -2.53. The summed E-state index contributed by atoms with van der Waals surface area (Å²) >= 11 is 2.17. The van der Waals surface area contributed by atoms with Gasteiger partial charge in [-0.15, -0.1) is 11.8 Å². The molecule has 0 aromatic carbocycles. The number of nitrogens with two attached hydrogens (primary N) is 2. The van der Waals surface area contributed by atoms with Gasteiger partial charge in [0.05, 0.1) is 25.1 Å². The van der Waals surface area contributed by atoms with Gasteiger partial charge in [0, 0.05) is 6.07 Å². The number of pyridine rings is 2. The first-order valence-corrected chi connectivity index (χ1v) is 14.9. The molecule has 4 unspecified atom stereocenters. The van der Waals surface area contributed by atoms with Crippen molar-refractivity contribution >= 4 is 53.9 Å². The molecule has 18 nitrogen and oxygen atoms in total. The number of nitrogen functional groups attached to an aromatic ring is 1. The van der Waals surface area contributed by atoms with Gasteiger partial charge in [0.1, 0.15) is 36.9 Å². The molecule has 3 aromatic rings. The number of hydrogen-bond donors (Lipinski definition) is 5. The molecule has 7 N–H and O–H groups in total. The quantitative estimate of drug-likeness (QED) is 0.0227. The molecule has 2 aliphatic rings. The number of ether oxygens (including phenoxy) is 4. The molecule has 0 saturated carbocycles. The monoisotopic (exact) mass is 662 g/mol. The van der Waals surface area contributed by atoms with Gasteiger partial charge in [-0.2, -0.15) is 9.55 Å². The van der Waals surface area contributed by atoms with E-state index in [1.165, 1.54) is 29.6 Å².